The average Bonchev–Trinajstić information content (AvgIpc) is 2.05. The Morgan fingerprint density at radius 3 is 3.00 bits per heavy atom. The van der Waals surface area contributed by atoms with Crippen molar-refractivity contribution in [3.63, 3.8) is 0 Å². The minimum absolute atomic E-state index is 0.510. The van der Waals surface area contributed by atoms with Gasteiger partial charge in [0.25, 0.3) is 0 Å². The van der Waals surface area contributed by atoms with E-state index in [-0.39, 0.29) is 0 Å². The molecule has 0 spiro atoms. The van der Waals surface area contributed by atoms with Crippen LogP contribution in [0.25, 0.3) is 5.57 Å². The third-order valence-electron chi connectivity index (χ3n) is 1.46. The summed E-state index contributed by atoms with van der Waals surface area (Å²) in [6, 6.07) is 1.83. The largest absolute Gasteiger partial charge is 0.380 e. The second kappa shape index (κ2) is 3.97. The first-order valence-corrected chi connectivity index (χ1v) is 3.71. The lowest BCUT2D eigenvalue weighted by Crippen LogP contribution is -1.97. The molecule has 0 aliphatic rings. The maximum Gasteiger partial charge on any atom is 0.125 e. The van der Waals surface area contributed by atoms with Crippen molar-refractivity contribution in [3.8, 4) is 0 Å². The highest BCUT2D eigenvalue weighted by Gasteiger charge is 1.99. The Bertz CT molecular complexity index is 284. The van der Waals surface area contributed by atoms with E-state index in [1.165, 1.54) is 0 Å². The summed E-state index contributed by atoms with van der Waals surface area (Å²) >= 11 is 0. The van der Waals surface area contributed by atoms with Crippen molar-refractivity contribution in [2.24, 2.45) is 0 Å². The fourth-order valence-electron chi connectivity index (χ4n) is 0.901. The summed E-state index contributed by atoms with van der Waals surface area (Å²) in [5, 5.41) is 0. The third-order valence-corrected chi connectivity index (χ3v) is 1.46. The summed E-state index contributed by atoms with van der Waals surface area (Å²) in [7, 11) is 1.64. The summed E-state index contributed by atoms with van der Waals surface area (Å²) in [5.41, 5.74) is 1.73. The smallest absolute Gasteiger partial charge is 0.125 e. The van der Waals surface area contributed by atoms with E-state index in [1.54, 1.807) is 13.3 Å². The van der Waals surface area contributed by atoms with Crippen LogP contribution < -0.4 is 0 Å². The van der Waals surface area contributed by atoms with Gasteiger partial charge in [-0.2, -0.15) is 0 Å². The summed E-state index contributed by atoms with van der Waals surface area (Å²) < 4.78 is 4.94. The quantitative estimate of drug-likeness (QED) is 0.678. The van der Waals surface area contributed by atoms with E-state index in [4.69, 9.17) is 4.74 Å². The third kappa shape index (κ3) is 2.13. The lowest BCUT2D eigenvalue weighted by atomic mass is 10.2. The lowest BCUT2D eigenvalue weighted by Gasteiger charge is -2.02. The van der Waals surface area contributed by atoms with E-state index in [1.807, 2.05) is 13.0 Å². The number of hydrogen-bond donors (Lipinski definition) is 0. The van der Waals surface area contributed by atoms with Gasteiger partial charge >= 0.3 is 0 Å². The van der Waals surface area contributed by atoms with Crippen LogP contribution in [0.2, 0.25) is 0 Å². The molecule has 12 heavy (non-hydrogen) atoms. The van der Waals surface area contributed by atoms with E-state index >= 15 is 0 Å². The average molecular weight is 164 g/mol. The van der Waals surface area contributed by atoms with Crippen molar-refractivity contribution >= 4 is 5.57 Å². The molecule has 0 saturated heterocycles. The highest BCUT2D eigenvalue weighted by atomic mass is 16.5. The Labute approximate surface area is 72.1 Å². The first-order valence-electron chi connectivity index (χ1n) is 3.71. The molecule has 0 fully saturated rings. The van der Waals surface area contributed by atoms with Crippen LogP contribution in [0.3, 0.4) is 0 Å². The summed E-state index contributed by atoms with van der Waals surface area (Å²) in [6.07, 6.45) is 1.72. The number of rotatable bonds is 3. The molecule has 1 rings (SSSR count). The van der Waals surface area contributed by atoms with E-state index in [2.05, 4.69) is 16.5 Å². The van der Waals surface area contributed by atoms with Crippen LogP contribution in [-0.4, -0.2) is 23.7 Å². The SMILES string of the molecule is C=C(COC)c1ccnc(C)n1. The van der Waals surface area contributed by atoms with Crippen LogP contribution >= 0.6 is 0 Å². The van der Waals surface area contributed by atoms with Crippen molar-refractivity contribution in [2.75, 3.05) is 13.7 Å². The van der Waals surface area contributed by atoms with Crippen molar-refractivity contribution < 1.29 is 4.74 Å². The number of methoxy groups -OCH3 is 1. The van der Waals surface area contributed by atoms with Crippen LogP contribution in [0.15, 0.2) is 18.8 Å². The van der Waals surface area contributed by atoms with E-state index < -0.39 is 0 Å². The molecule has 3 nitrogen and oxygen atoms in total. The maximum absolute atomic E-state index is 4.94. The van der Waals surface area contributed by atoms with Gasteiger partial charge in [0.1, 0.15) is 5.82 Å². The summed E-state index contributed by atoms with van der Waals surface area (Å²) in [4.78, 5) is 8.19. The Hall–Kier alpha value is -1.22. The van der Waals surface area contributed by atoms with E-state index in [9.17, 15) is 0 Å². The standard InChI is InChI=1S/C9H12N2O/c1-7(6-12-3)9-4-5-10-8(2)11-9/h4-5H,1,6H2,2-3H3. The minimum atomic E-state index is 0.510. The molecule has 0 amide bonds. The Balaban J connectivity index is 2.81. The van der Waals surface area contributed by atoms with Gasteiger partial charge in [-0.05, 0) is 18.6 Å². The van der Waals surface area contributed by atoms with E-state index in [0.29, 0.717) is 6.61 Å². The molecule has 0 saturated carbocycles. The number of ether oxygens (including phenoxy) is 1. The second-order valence-electron chi connectivity index (χ2n) is 2.53. The first-order chi connectivity index (χ1) is 5.74. The first kappa shape index (κ1) is 8.87. The minimum Gasteiger partial charge on any atom is -0.380 e. The summed E-state index contributed by atoms with van der Waals surface area (Å²) in [5.74, 6) is 0.754. The van der Waals surface area contributed by atoms with Crippen molar-refractivity contribution in [1.82, 2.24) is 9.97 Å². The van der Waals surface area contributed by atoms with Crippen LogP contribution in [0.5, 0.6) is 0 Å². The molecule has 0 N–H and O–H groups in total. The molecular formula is C9H12N2O. The lowest BCUT2D eigenvalue weighted by molar-refractivity contribution is 0.239. The van der Waals surface area contributed by atoms with Crippen molar-refractivity contribution in [2.45, 2.75) is 6.92 Å². The second-order valence-corrected chi connectivity index (χ2v) is 2.53. The van der Waals surface area contributed by atoms with Gasteiger partial charge in [0, 0.05) is 13.3 Å². The molecule has 1 heterocycles. The number of aryl methyl sites for hydroxylation is 1. The molecule has 0 aromatic carbocycles. The molecule has 0 aliphatic heterocycles. The molecule has 64 valence electrons. The predicted octanol–water partition coefficient (Wildman–Crippen LogP) is 1.44. The van der Waals surface area contributed by atoms with Gasteiger partial charge in [0.05, 0.1) is 12.3 Å². The van der Waals surface area contributed by atoms with Gasteiger partial charge in [-0.15, -0.1) is 0 Å². The maximum atomic E-state index is 4.94. The van der Waals surface area contributed by atoms with Crippen molar-refractivity contribution in [1.29, 1.82) is 0 Å². The fourth-order valence-corrected chi connectivity index (χ4v) is 0.901. The van der Waals surface area contributed by atoms with Crippen LogP contribution in [0.1, 0.15) is 11.5 Å². The molecule has 0 aliphatic carbocycles. The number of nitrogens with zero attached hydrogens (tertiary/aromatic N) is 2. The molecule has 1 aromatic heterocycles. The molecule has 1 aromatic rings. The Morgan fingerprint density at radius 1 is 1.67 bits per heavy atom. The fraction of sp³-hybridized carbons (Fsp3) is 0.333. The van der Waals surface area contributed by atoms with Crippen LogP contribution in [0, 0.1) is 6.92 Å². The van der Waals surface area contributed by atoms with Gasteiger partial charge in [0.15, 0.2) is 0 Å². The molecule has 0 bridgehead atoms. The summed E-state index contributed by atoms with van der Waals surface area (Å²) in [6.45, 7) is 6.20. The normalized spacial score (nSPS) is 9.83. The molecule has 3 heteroatoms. The van der Waals surface area contributed by atoms with Gasteiger partial charge in [-0.3, -0.25) is 0 Å². The van der Waals surface area contributed by atoms with E-state index in [0.717, 1.165) is 17.1 Å². The molecular weight excluding hydrogens is 152 g/mol. The van der Waals surface area contributed by atoms with Crippen molar-refractivity contribution in [3.05, 3.63) is 30.4 Å². The zero-order chi connectivity index (χ0) is 8.97. The molecule has 0 atom stereocenters. The zero-order valence-electron chi connectivity index (χ0n) is 7.37. The monoisotopic (exact) mass is 164 g/mol. The molecule has 0 radical (unpaired) electrons. The zero-order valence-corrected chi connectivity index (χ0v) is 7.37. The number of aromatic nitrogens is 2. The number of hydrogen-bond acceptors (Lipinski definition) is 3. The molecule has 0 unspecified atom stereocenters. The van der Waals surface area contributed by atoms with Gasteiger partial charge < -0.3 is 4.74 Å². The highest BCUT2D eigenvalue weighted by molar-refractivity contribution is 5.60. The Morgan fingerprint density at radius 2 is 2.42 bits per heavy atom. The predicted molar refractivity (Wildman–Crippen MR) is 47.7 cm³/mol. The van der Waals surface area contributed by atoms with Gasteiger partial charge in [-0.25, -0.2) is 9.97 Å². The van der Waals surface area contributed by atoms with Gasteiger partial charge in [-0.1, -0.05) is 6.58 Å². The van der Waals surface area contributed by atoms with Crippen LogP contribution in [0.4, 0.5) is 0 Å². The van der Waals surface area contributed by atoms with Gasteiger partial charge in [0.2, 0.25) is 0 Å². The highest BCUT2D eigenvalue weighted by Crippen LogP contribution is 2.07. The topological polar surface area (TPSA) is 35.0 Å². The van der Waals surface area contributed by atoms with Crippen LogP contribution in [-0.2, 0) is 4.74 Å². The Kier molecular flexibility index (Phi) is 2.94.